The van der Waals surface area contributed by atoms with Crippen molar-refractivity contribution in [2.75, 3.05) is 0 Å². The molecule has 0 saturated heterocycles. The fourth-order valence-corrected chi connectivity index (χ4v) is 3.54. The van der Waals surface area contributed by atoms with Gasteiger partial charge in [0.1, 0.15) is 17.5 Å². The van der Waals surface area contributed by atoms with E-state index in [0.717, 1.165) is 27.5 Å². The first-order valence-electron chi connectivity index (χ1n) is 9.72. The van der Waals surface area contributed by atoms with Crippen LogP contribution < -0.4 is 5.32 Å². The Morgan fingerprint density at radius 3 is 2.71 bits per heavy atom. The van der Waals surface area contributed by atoms with E-state index in [9.17, 15) is 4.79 Å². The smallest absolute Gasteiger partial charge is 0.287 e. The lowest BCUT2D eigenvalue weighted by molar-refractivity contribution is 0.0930. The van der Waals surface area contributed by atoms with Crippen molar-refractivity contribution < 1.29 is 4.79 Å². The lowest BCUT2D eigenvalue weighted by Crippen LogP contribution is -2.27. The first-order chi connectivity index (χ1) is 15.1. The fraction of sp³-hybridized carbons (Fsp3) is 0.0870. The Morgan fingerprint density at radius 1 is 1.13 bits per heavy atom. The van der Waals surface area contributed by atoms with E-state index in [-0.39, 0.29) is 17.8 Å². The molecule has 0 saturated carbocycles. The van der Waals surface area contributed by atoms with Gasteiger partial charge in [-0.3, -0.25) is 9.89 Å². The number of aromatic amines is 2. The molecule has 0 unspecified atom stereocenters. The minimum Gasteiger partial charge on any atom is -0.343 e. The van der Waals surface area contributed by atoms with E-state index in [1.807, 2.05) is 55.5 Å². The Kier molecular flexibility index (Phi) is 4.41. The number of fused-ring (bicyclic) bond motifs is 2. The Morgan fingerprint density at radius 2 is 1.97 bits per heavy atom. The summed E-state index contributed by atoms with van der Waals surface area (Å²) in [6.07, 6.45) is 1.62. The zero-order valence-corrected chi connectivity index (χ0v) is 16.5. The number of hydrogen-bond acceptors (Lipinski definition) is 5. The number of H-pyrrole nitrogens is 2. The number of pyridine rings is 1. The molecule has 2 aromatic carbocycles. The lowest BCUT2D eigenvalue weighted by Gasteiger charge is -2.12. The van der Waals surface area contributed by atoms with Gasteiger partial charge in [0.05, 0.1) is 22.6 Å². The van der Waals surface area contributed by atoms with Crippen LogP contribution in [0, 0.1) is 11.3 Å². The van der Waals surface area contributed by atoms with Crippen molar-refractivity contribution in [1.82, 2.24) is 30.5 Å². The van der Waals surface area contributed by atoms with Crippen LogP contribution >= 0.6 is 0 Å². The summed E-state index contributed by atoms with van der Waals surface area (Å²) in [5.74, 6) is -0.0224. The third-order valence-corrected chi connectivity index (χ3v) is 5.18. The highest BCUT2D eigenvalue weighted by Gasteiger charge is 2.17. The summed E-state index contributed by atoms with van der Waals surface area (Å²) in [6, 6.07) is 18.8. The summed E-state index contributed by atoms with van der Waals surface area (Å²) in [5.41, 5.74) is 5.06. The first-order valence-corrected chi connectivity index (χ1v) is 9.72. The van der Waals surface area contributed by atoms with Crippen molar-refractivity contribution >= 4 is 27.8 Å². The topological polar surface area (TPSA) is 123 Å². The molecule has 1 atom stereocenters. The number of nitrogens with one attached hydrogen (secondary N) is 3. The molecular formula is C23H17N7O. The largest absolute Gasteiger partial charge is 0.343 e. The quantitative estimate of drug-likeness (QED) is 0.417. The standard InChI is InChI=1S/C23H17N7O/c1-13(14-5-3-2-4-6-14)26-23(31)22-27-19-9-17-18(10-20(19)28-22)29-30-21(17)15-7-8-16(11-24)25-12-15/h2-10,12-13H,1H3,(H,26,31)(H,27,28)(H,29,30)/t13-/m1/s1. The van der Waals surface area contributed by atoms with E-state index >= 15 is 0 Å². The molecule has 3 aromatic heterocycles. The van der Waals surface area contributed by atoms with E-state index in [4.69, 9.17) is 5.26 Å². The number of imidazole rings is 1. The highest BCUT2D eigenvalue weighted by atomic mass is 16.2. The third-order valence-electron chi connectivity index (χ3n) is 5.18. The van der Waals surface area contributed by atoms with Crippen molar-refractivity contribution in [2.24, 2.45) is 0 Å². The van der Waals surface area contributed by atoms with Crippen molar-refractivity contribution in [3.05, 3.63) is 77.9 Å². The molecule has 0 radical (unpaired) electrons. The summed E-state index contributed by atoms with van der Waals surface area (Å²) in [5, 5.41) is 20.2. The molecule has 0 bridgehead atoms. The molecule has 3 N–H and O–H groups in total. The summed E-state index contributed by atoms with van der Waals surface area (Å²) < 4.78 is 0. The molecule has 0 aliphatic rings. The number of hydrogen-bond donors (Lipinski definition) is 3. The third kappa shape index (κ3) is 3.38. The summed E-state index contributed by atoms with van der Waals surface area (Å²) in [7, 11) is 0. The van der Waals surface area contributed by atoms with E-state index in [2.05, 4.69) is 30.5 Å². The van der Waals surface area contributed by atoms with Crippen LogP contribution in [0.25, 0.3) is 33.2 Å². The van der Waals surface area contributed by atoms with Crippen LogP contribution in [0.2, 0.25) is 0 Å². The molecule has 5 aromatic rings. The highest BCUT2D eigenvalue weighted by Crippen LogP contribution is 2.29. The van der Waals surface area contributed by atoms with Crippen molar-refractivity contribution in [3.8, 4) is 17.3 Å². The zero-order valence-electron chi connectivity index (χ0n) is 16.5. The van der Waals surface area contributed by atoms with Gasteiger partial charge in [0.2, 0.25) is 0 Å². The van der Waals surface area contributed by atoms with E-state index < -0.39 is 0 Å². The van der Waals surface area contributed by atoms with E-state index in [0.29, 0.717) is 16.9 Å². The average molecular weight is 407 g/mol. The minimum atomic E-state index is -0.272. The van der Waals surface area contributed by atoms with E-state index in [1.165, 1.54) is 0 Å². The number of benzene rings is 2. The normalized spacial score (nSPS) is 12.0. The molecule has 0 aliphatic heterocycles. The van der Waals surface area contributed by atoms with Gasteiger partial charge in [0, 0.05) is 17.1 Å². The molecule has 1 amide bonds. The van der Waals surface area contributed by atoms with Crippen LogP contribution in [-0.2, 0) is 0 Å². The number of aromatic nitrogens is 5. The fourth-order valence-electron chi connectivity index (χ4n) is 3.54. The van der Waals surface area contributed by atoms with Gasteiger partial charge in [-0.05, 0) is 36.8 Å². The Labute approximate surface area is 177 Å². The van der Waals surface area contributed by atoms with Crippen LogP contribution in [0.4, 0.5) is 0 Å². The Hall–Kier alpha value is -4.51. The van der Waals surface area contributed by atoms with Gasteiger partial charge in [-0.25, -0.2) is 9.97 Å². The monoisotopic (exact) mass is 407 g/mol. The van der Waals surface area contributed by atoms with Gasteiger partial charge in [-0.15, -0.1) is 0 Å². The van der Waals surface area contributed by atoms with Crippen LogP contribution in [0.1, 0.15) is 34.8 Å². The maximum atomic E-state index is 12.7. The predicted molar refractivity (Wildman–Crippen MR) is 116 cm³/mol. The minimum absolute atomic E-state index is 0.142. The van der Waals surface area contributed by atoms with Gasteiger partial charge >= 0.3 is 0 Å². The van der Waals surface area contributed by atoms with E-state index in [1.54, 1.807) is 18.3 Å². The van der Waals surface area contributed by atoms with Crippen LogP contribution in [0.5, 0.6) is 0 Å². The van der Waals surface area contributed by atoms with Crippen LogP contribution in [0.3, 0.4) is 0 Å². The maximum absolute atomic E-state index is 12.7. The summed E-state index contributed by atoms with van der Waals surface area (Å²) >= 11 is 0. The second-order valence-corrected chi connectivity index (χ2v) is 7.22. The molecule has 0 aliphatic carbocycles. The molecule has 5 rings (SSSR count). The van der Waals surface area contributed by atoms with Gasteiger partial charge in [0.25, 0.3) is 5.91 Å². The van der Waals surface area contributed by atoms with Gasteiger partial charge in [-0.1, -0.05) is 30.3 Å². The number of amides is 1. The SMILES string of the molecule is C[C@@H](NC(=O)c1nc2cc3c(-c4ccc(C#N)nc4)n[nH]c3cc2[nH]1)c1ccccc1. The van der Waals surface area contributed by atoms with Crippen molar-refractivity contribution in [1.29, 1.82) is 5.26 Å². The summed E-state index contributed by atoms with van der Waals surface area (Å²) in [6.45, 7) is 1.93. The molecule has 8 heteroatoms. The molecule has 31 heavy (non-hydrogen) atoms. The van der Waals surface area contributed by atoms with Gasteiger partial charge < -0.3 is 10.3 Å². The molecule has 150 valence electrons. The molecular weight excluding hydrogens is 390 g/mol. The molecule has 3 heterocycles. The van der Waals surface area contributed by atoms with Crippen LogP contribution in [-0.4, -0.2) is 31.1 Å². The van der Waals surface area contributed by atoms with Gasteiger partial charge in [-0.2, -0.15) is 10.4 Å². The van der Waals surface area contributed by atoms with Gasteiger partial charge in [0.15, 0.2) is 5.82 Å². The number of nitrogens with zero attached hydrogens (tertiary/aromatic N) is 4. The lowest BCUT2D eigenvalue weighted by atomic mass is 10.1. The highest BCUT2D eigenvalue weighted by molar-refractivity contribution is 6.02. The first kappa shape index (κ1) is 18.5. The second kappa shape index (κ2) is 7.39. The molecule has 0 spiro atoms. The van der Waals surface area contributed by atoms with Crippen molar-refractivity contribution in [3.63, 3.8) is 0 Å². The zero-order chi connectivity index (χ0) is 21.4. The average Bonchev–Trinajstić information content (AvgIpc) is 3.41. The second-order valence-electron chi connectivity index (χ2n) is 7.22. The number of nitriles is 1. The maximum Gasteiger partial charge on any atom is 0.287 e. The molecule has 8 nitrogen and oxygen atoms in total. The predicted octanol–water partition coefficient (Wildman–Crippen LogP) is 3.86. The Balaban J connectivity index is 1.47. The number of carbonyl (C=O) groups excluding carboxylic acids is 1. The number of rotatable bonds is 4. The molecule has 0 fully saturated rings. The summed E-state index contributed by atoms with van der Waals surface area (Å²) in [4.78, 5) is 24.4. The van der Waals surface area contributed by atoms with Crippen molar-refractivity contribution in [2.45, 2.75) is 13.0 Å². The number of carbonyl (C=O) groups is 1. The van der Waals surface area contributed by atoms with Crippen LogP contribution in [0.15, 0.2) is 60.8 Å². The Bertz CT molecular complexity index is 1440.